The van der Waals surface area contributed by atoms with Gasteiger partial charge in [0.1, 0.15) is 5.82 Å². The van der Waals surface area contributed by atoms with Crippen LogP contribution in [0.5, 0.6) is 0 Å². The maximum Gasteiger partial charge on any atom is 0.259 e. The summed E-state index contributed by atoms with van der Waals surface area (Å²) in [6.45, 7) is 3.84. The zero-order valence-electron chi connectivity index (χ0n) is 19.3. The highest BCUT2D eigenvalue weighted by Gasteiger charge is 2.29. The highest BCUT2D eigenvalue weighted by Crippen LogP contribution is 2.26. The smallest absolute Gasteiger partial charge is 0.259 e. The van der Waals surface area contributed by atoms with Crippen LogP contribution < -0.4 is 15.5 Å². The number of aromatic nitrogens is 2. The van der Waals surface area contributed by atoms with Gasteiger partial charge in [0.2, 0.25) is 5.95 Å². The van der Waals surface area contributed by atoms with Crippen molar-refractivity contribution < 1.29 is 4.79 Å². The van der Waals surface area contributed by atoms with Gasteiger partial charge in [-0.1, -0.05) is 60.7 Å². The first-order chi connectivity index (χ1) is 16.7. The maximum absolute atomic E-state index is 13.9. The number of anilines is 2. The molecule has 1 aliphatic heterocycles. The molecule has 2 N–H and O–H groups in total. The first kappa shape index (κ1) is 22.0. The molecule has 1 aromatic heterocycles. The lowest BCUT2D eigenvalue weighted by Gasteiger charge is -2.34. The second-order valence-corrected chi connectivity index (χ2v) is 8.73. The Morgan fingerprint density at radius 1 is 0.971 bits per heavy atom. The fraction of sp³-hybridized carbons (Fsp3) is 0.250. The van der Waals surface area contributed by atoms with E-state index in [0.717, 1.165) is 42.3 Å². The Kier molecular flexibility index (Phi) is 6.49. The molecule has 0 radical (unpaired) electrons. The third kappa shape index (κ3) is 4.77. The minimum atomic E-state index is -0.0292. The summed E-state index contributed by atoms with van der Waals surface area (Å²) < 4.78 is 0. The van der Waals surface area contributed by atoms with Crippen molar-refractivity contribution in [1.29, 1.82) is 0 Å². The largest absolute Gasteiger partial charge is 0.348 e. The molecule has 1 fully saturated rings. The molecule has 0 spiro atoms. The van der Waals surface area contributed by atoms with Crippen molar-refractivity contribution in [3.63, 3.8) is 0 Å². The van der Waals surface area contributed by atoms with Gasteiger partial charge in [-0.2, -0.15) is 4.98 Å². The molecule has 3 aromatic carbocycles. The molecule has 5 rings (SSSR count). The van der Waals surface area contributed by atoms with E-state index in [2.05, 4.69) is 40.7 Å². The maximum atomic E-state index is 13.9. The molecule has 0 unspecified atom stereocenters. The van der Waals surface area contributed by atoms with Gasteiger partial charge in [-0.15, -0.1) is 0 Å². The van der Waals surface area contributed by atoms with Crippen LogP contribution in [-0.4, -0.2) is 35.0 Å². The molecule has 0 saturated carbocycles. The average molecular weight is 452 g/mol. The summed E-state index contributed by atoms with van der Waals surface area (Å²) in [7, 11) is 0. The first-order valence-corrected chi connectivity index (χ1v) is 11.9. The van der Waals surface area contributed by atoms with E-state index in [4.69, 9.17) is 4.98 Å². The third-order valence-electron chi connectivity index (χ3n) is 6.42. The molecule has 2 heterocycles. The Balaban J connectivity index is 1.47. The van der Waals surface area contributed by atoms with Crippen molar-refractivity contribution >= 4 is 28.4 Å². The lowest BCUT2D eigenvalue weighted by Crippen LogP contribution is -2.47. The van der Waals surface area contributed by atoms with Crippen molar-refractivity contribution in [2.45, 2.75) is 31.8 Å². The molecular formula is C28H29N5O. The van der Waals surface area contributed by atoms with E-state index in [1.54, 1.807) is 6.20 Å². The fourth-order valence-electron chi connectivity index (χ4n) is 4.55. The Labute approximate surface area is 200 Å². The lowest BCUT2D eigenvalue weighted by molar-refractivity contribution is 0.0971. The molecule has 0 aliphatic carbocycles. The topological polar surface area (TPSA) is 70.2 Å². The van der Waals surface area contributed by atoms with Crippen LogP contribution in [0, 0.1) is 0 Å². The molecule has 6 heteroatoms. The molecule has 6 nitrogen and oxygen atoms in total. The molecule has 4 aromatic rings. The van der Waals surface area contributed by atoms with Crippen LogP contribution in [0.25, 0.3) is 10.8 Å². The quantitative estimate of drug-likeness (QED) is 0.422. The van der Waals surface area contributed by atoms with E-state index in [1.165, 1.54) is 0 Å². The predicted molar refractivity (Wildman–Crippen MR) is 137 cm³/mol. The van der Waals surface area contributed by atoms with Gasteiger partial charge >= 0.3 is 0 Å². The first-order valence-electron chi connectivity index (χ1n) is 11.9. The van der Waals surface area contributed by atoms with Gasteiger partial charge in [0, 0.05) is 17.8 Å². The normalized spacial score (nSPS) is 15.1. The van der Waals surface area contributed by atoms with Gasteiger partial charge in [-0.25, -0.2) is 4.98 Å². The van der Waals surface area contributed by atoms with E-state index in [1.807, 2.05) is 65.6 Å². The summed E-state index contributed by atoms with van der Waals surface area (Å²) in [5.74, 6) is 1.11. The summed E-state index contributed by atoms with van der Waals surface area (Å²) >= 11 is 0. The number of hydrogen-bond acceptors (Lipinski definition) is 5. The van der Waals surface area contributed by atoms with Crippen molar-refractivity contribution in [2.24, 2.45) is 0 Å². The number of nitrogens with one attached hydrogen (secondary N) is 2. The standard InChI is InChI=1S/C28H29N5O/c1-20(21-7-3-2-4-8-21)31-28-30-18-15-26(32-28)33(25-13-16-29-17-14-25)27(34)24-12-11-22-9-5-6-10-23(22)19-24/h2-12,15,18-20,25,29H,13-14,16-17H2,1H3,(H,30,31,32)/t20-/m0/s1. The Bertz CT molecular complexity index is 1270. The van der Waals surface area contributed by atoms with Crippen LogP contribution in [-0.2, 0) is 0 Å². The number of rotatable bonds is 6. The van der Waals surface area contributed by atoms with Crippen molar-refractivity contribution in [2.75, 3.05) is 23.3 Å². The summed E-state index contributed by atoms with van der Waals surface area (Å²) in [4.78, 5) is 25.0. The van der Waals surface area contributed by atoms with Gasteiger partial charge in [0.15, 0.2) is 0 Å². The second-order valence-electron chi connectivity index (χ2n) is 8.73. The molecule has 172 valence electrons. The highest BCUT2D eigenvalue weighted by atomic mass is 16.2. The molecule has 1 aliphatic rings. The summed E-state index contributed by atoms with van der Waals surface area (Å²) in [5, 5.41) is 8.96. The number of amides is 1. The van der Waals surface area contributed by atoms with Crippen LogP contribution in [0.4, 0.5) is 11.8 Å². The lowest BCUT2D eigenvalue weighted by atomic mass is 10.0. The van der Waals surface area contributed by atoms with Gasteiger partial charge < -0.3 is 10.6 Å². The van der Waals surface area contributed by atoms with Crippen LogP contribution in [0.15, 0.2) is 85.1 Å². The van der Waals surface area contributed by atoms with Gasteiger partial charge in [-0.05, 0) is 67.4 Å². The number of benzene rings is 3. The van der Waals surface area contributed by atoms with E-state index in [9.17, 15) is 4.79 Å². The third-order valence-corrected chi connectivity index (χ3v) is 6.42. The van der Waals surface area contributed by atoms with Crippen molar-refractivity contribution in [3.8, 4) is 0 Å². The number of piperidine rings is 1. The Morgan fingerprint density at radius 2 is 1.71 bits per heavy atom. The van der Waals surface area contributed by atoms with Crippen LogP contribution in [0.3, 0.4) is 0 Å². The van der Waals surface area contributed by atoms with Crippen LogP contribution in [0.2, 0.25) is 0 Å². The molecule has 1 atom stereocenters. The highest BCUT2D eigenvalue weighted by molar-refractivity contribution is 6.08. The van der Waals surface area contributed by atoms with E-state index < -0.39 is 0 Å². The molecule has 1 saturated heterocycles. The number of carbonyl (C=O) groups excluding carboxylic acids is 1. The molecule has 1 amide bonds. The number of hydrogen-bond donors (Lipinski definition) is 2. The summed E-state index contributed by atoms with van der Waals surface area (Å²) in [6.07, 6.45) is 3.49. The zero-order chi connectivity index (χ0) is 23.3. The van der Waals surface area contributed by atoms with Gasteiger partial charge in [-0.3, -0.25) is 9.69 Å². The van der Waals surface area contributed by atoms with E-state index in [-0.39, 0.29) is 18.0 Å². The zero-order valence-corrected chi connectivity index (χ0v) is 19.3. The van der Waals surface area contributed by atoms with Gasteiger partial charge in [0.05, 0.1) is 6.04 Å². The van der Waals surface area contributed by atoms with Crippen LogP contribution >= 0.6 is 0 Å². The second kappa shape index (κ2) is 10.0. The Hall–Kier alpha value is -3.77. The SMILES string of the molecule is C[C@H](Nc1nccc(N(C(=O)c2ccc3ccccc3c2)C2CCNCC2)n1)c1ccccc1. The fourth-order valence-corrected chi connectivity index (χ4v) is 4.55. The van der Waals surface area contributed by atoms with E-state index >= 15 is 0 Å². The number of carbonyl (C=O) groups is 1. The minimum Gasteiger partial charge on any atom is -0.348 e. The number of fused-ring (bicyclic) bond motifs is 1. The van der Waals surface area contributed by atoms with Crippen LogP contribution in [0.1, 0.15) is 41.7 Å². The van der Waals surface area contributed by atoms with Crippen molar-refractivity contribution in [3.05, 3.63) is 96.2 Å². The summed E-state index contributed by atoms with van der Waals surface area (Å²) in [6, 6.07) is 26.2. The molecule has 0 bridgehead atoms. The summed E-state index contributed by atoms with van der Waals surface area (Å²) in [5.41, 5.74) is 1.82. The number of nitrogens with zero attached hydrogens (tertiary/aromatic N) is 3. The molecular weight excluding hydrogens is 422 g/mol. The Morgan fingerprint density at radius 3 is 2.50 bits per heavy atom. The van der Waals surface area contributed by atoms with E-state index in [0.29, 0.717) is 17.3 Å². The average Bonchev–Trinajstić information content (AvgIpc) is 2.90. The van der Waals surface area contributed by atoms with Crippen molar-refractivity contribution in [1.82, 2.24) is 15.3 Å². The minimum absolute atomic E-state index is 0.0292. The molecule has 34 heavy (non-hydrogen) atoms. The predicted octanol–water partition coefficient (Wildman–Crippen LogP) is 5.20. The monoisotopic (exact) mass is 451 g/mol. The van der Waals surface area contributed by atoms with Gasteiger partial charge in [0.25, 0.3) is 5.91 Å².